The van der Waals surface area contributed by atoms with Gasteiger partial charge in [0.2, 0.25) is 0 Å². The molecule has 0 aliphatic carbocycles. The van der Waals surface area contributed by atoms with Crippen LogP contribution in [-0.4, -0.2) is 68.2 Å². The lowest BCUT2D eigenvalue weighted by atomic mass is 10.0. The third-order valence-corrected chi connectivity index (χ3v) is 22.4. The summed E-state index contributed by atoms with van der Waals surface area (Å²) in [5.74, 6) is 0. The second kappa shape index (κ2) is 14.7. The molecule has 1 N–H and O–H groups in total. The van der Waals surface area contributed by atoms with E-state index in [1.54, 1.807) is 6.08 Å². The van der Waals surface area contributed by atoms with Gasteiger partial charge in [-0.25, -0.2) is 0 Å². The van der Waals surface area contributed by atoms with E-state index < -0.39 is 25.0 Å². The predicted octanol–water partition coefficient (Wildman–Crippen LogP) is 8.69. The van der Waals surface area contributed by atoms with E-state index in [1.807, 2.05) is 12.2 Å². The second-order valence-corrected chi connectivity index (χ2v) is 29.5. The highest BCUT2D eigenvalue weighted by Crippen LogP contribution is 2.41. The minimum Gasteiger partial charge on any atom is -0.417 e. The molecule has 0 aromatic rings. The fourth-order valence-electron chi connectivity index (χ4n) is 3.11. The second-order valence-electron chi connectivity index (χ2n) is 15.2. The first kappa shape index (κ1) is 37.9. The monoisotopic (exact) mass is 588 g/mol. The molecule has 38 heavy (non-hydrogen) atoms. The van der Waals surface area contributed by atoms with Crippen LogP contribution in [0.3, 0.4) is 0 Å². The largest absolute Gasteiger partial charge is 0.417 e. The predicted molar refractivity (Wildman–Crippen MR) is 173 cm³/mol. The van der Waals surface area contributed by atoms with Gasteiger partial charge in [0.05, 0.1) is 18.8 Å². The van der Waals surface area contributed by atoms with Crippen molar-refractivity contribution < 1.29 is 23.1 Å². The minimum absolute atomic E-state index is 0.00841. The minimum atomic E-state index is -2.12. The molecule has 8 heteroatoms. The van der Waals surface area contributed by atoms with Crippen LogP contribution in [0, 0.1) is 0 Å². The Bertz CT molecular complexity index is 728. The Morgan fingerprint density at radius 3 is 1.61 bits per heavy atom. The summed E-state index contributed by atoms with van der Waals surface area (Å²) >= 11 is 0. The number of aliphatic hydroxyl groups excluding tert-OH is 1. The smallest absolute Gasteiger partial charge is 0.193 e. The molecule has 0 saturated heterocycles. The van der Waals surface area contributed by atoms with Gasteiger partial charge in [0.1, 0.15) is 6.10 Å². The van der Waals surface area contributed by atoms with Gasteiger partial charge in [0, 0.05) is 13.2 Å². The zero-order valence-electron chi connectivity index (χ0n) is 27.8. The first-order valence-corrected chi connectivity index (χ1v) is 23.2. The Morgan fingerprint density at radius 1 is 0.711 bits per heavy atom. The Morgan fingerprint density at radius 2 is 1.18 bits per heavy atom. The Balaban J connectivity index is 6.09. The summed E-state index contributed by atoms with van der Waals surface area (Å²) in [5, 5.41) is 9.70. The molecule has 0 aromatic carbocycles. The van der Waals surface area contributed by atoms with Crippen LogP contribution in [0.5, 0.6) is 0 Å². The van der Waals surface area contributed by atoms with E-state index in [4.69, 9.17) is 18.0 Å². The summed E-state index contributed by atoms with van der Waals surface area (Å²) in [5.41, 5.74) is 0. The van der Waals surface area contributed by atoms with Gasteiger partial charge in [-0.3, -0.25) is 0 Å². The molecule has 0 rings (SSSR count). The quantitative estimate of drug-likeness (QED) is 0.111. The molecular formula is C30H64O5Si3. The Labute approximate surface area is 240 Å². The van der Waals surface area contributed by atoms with Crippen molar-refractivity contribution in [3.05, 3.63) is 24.8 Å². The van der Waals surface area contributed by atoms with Crippen molar-refractivity contribution in [3.8, 4) is 0 Å². The molecule has 3 unspecified atom stereocenters. The average Bonchev–Trinajstić information content (AvgIpc) is 2.71. The maximum Gasteiger partial charge on any atom is 0.193 e. The Hall–Kier alpha value is -0.0694. The SMILES string of the molecule is C=CC(O[Si](C)(C)C(C)(C)C)C(OCCCO[Si](C)(C)C(C)(C)C)C(CC=CCO)O[Si](C)(C)C(C)(C)C. The molecule has 226 valence electrons. The zero-order chi connectivity index (χ0) is 30.2. The van der Waals surface area contributed by atoms with E-state index in [9.17, 15) is 5.11 Å². The topological polar surface area (TPSA) is 57.2 Å². The average molecular weight is 589 g/mol. The van der Waals surface area contributed by atoms with Crippen LogP contribution in [0.1, 0.15) is 75.2 Å². The van der Waals surface area contributed by atoms with Crippen LogP contribution in [0.4, 0.5) is 0 Å². The maximum atomic E-state index is 9.40. The molecule has 0 bridgehead atoms. The van der Waals surface area contributed by atoms with Gasteiger partial charge >= 0.3 is 0 Å². The summed E-state index contributed by atoms with van der Waals surface area (Å²) in [4.78, 5) is 0. The van der Waals surface area contributed by atoms with Crippen LogP contribution in [-0.2, 0) is 18.0 Å². The van der Waals surface area contributed by atoms with E-state index in [2.05, 4.69) is 108 Å². The van der Waals surface area contributed by atoms with Crippen LogP contribution in [0.25, 0.3) is 0 Å². The van der Waals surface area contributed by atoms with E-state index >= 15 is 0 Å². The highest BCUT2D eigenvalue weighted by molar-refractivity contribution is 6.75. The molecule has 0 fully saturated rings. The zero-order valence-corrected chi connectivity index (χ0v) is 30.8. The van der Waals surface area contributed by atoms with Crippen molar-refractivity contribution in [2.24, 2.45) is 0 Å². The van der Waals surface area contributed by atoms with Crippen molar-refractivity contribution in [2.75, 3.05) is 19.8 Å². The molecule has 0 aromatic heterocycles. The molecule has 0 amide bonds. The van der Waals surface area contributed by atoms with E-state index in [0.29, 0.717) is 19.6 Å². The van der Waals surface area contributed by atoms with Crippen molar-refractivity contribution in [1.29, 1.82) is 0 Å². The van der Waals surface area contributed by atoms with Gasteiger partial charge < -0.3 is 23.1 Å². The normalized spacial score (nSPS) is 17.1. The summed E-state index contributed by atoms with van der Waals surface area (Å²) < 4.78 is 27.0. The molecular weight excluding hydrogens is 525 g/mol. The lowest BCUT2D eigenvalue weighted by Gasteiger charge is -2.45. The number of rotatable bonds is 16. The van der Waals surface area contributed by atoms with Gasteiger partial charge in [0.15, 0.2) is 25.0 Å². The van der Waals surface area contributed by atoms with Crippen molar-refractivity contribution in [2.45, 2.75) is 148 Å². The molecule has 5 nitrogen and oxygen atoms in total. The maximum absolute atomic E-state index is 9.40. The molecule has 0 heterocycles. The van der Waals surface area contributed by atoms with E-state index in [-0.39, 0.29) is 40.0 Å². The van der Waals surface area contributed by atoms with Crippen molar-refractivity contribution >= 4 is 25.0 Å². The fourth-order valence-corrected chi connectivity index (χ4v) is 6.80. The van der Waals surface area contributed by atoms with Gasteiger partial charge in [-0.05, 0) is 67.2 Å². The van der Waals surface area contributed by atoms with Gasteiger partial charge in [-0.1, -0.05) is 80.5 Å². The summed E-state index contributed by atoms with van der Waals surface area (Å²) in [6, 6.07) is 0. The van der Waals surface area contributed by atoms with Crippen LogP contribution >= 0.6 is 0 Å². The van der Waals surface area contributed by atoms with E-state index in [1.165, 1.54) is 0 Å². The van der Waals surface area contributed by atoms with Crippen LogP contribution < -0.4 is 0 Å². The lowest BCUT2D eigenvalue weighted by molar-refractivity contribution is -0.0776. The van der Waals surface area contributed by atoms with Gasteiger partial charge in [-0.15, -0.1) is 6.58 Å². The summed E-state index contributed by atoms with van der Waals surface area (Å²) in [7, 11) is -6.03. The Kier molecular flexibility index (Phi) is 14.7. The molecule has 0 saturated carbocycles. The van der Waals surface area contributed by atoms with E-state index in [0.717, 1.165) is 6.42 Å². The number of hydrogen-bond acceptors (Lipinski definition) is 5. The lowest BCUT2D eigenvalue weighted by Crippen LogP contribution is -2.53. The van der Waals surface area contributed by atoms with Crippen molar-refractivity contribution in [3.63, 3.8) is 0 Å². The standard InChI is InChI=1S/C30H64O5Si3/c1-17-25(34-37(13,14)29(5,6)7)27(32-23-20-24-33-36(11,12)28(2,3)4)26(21-18-19-22-31)35-38(15,16)30(8,9)10/h17-19,25-27,31H,1,20-24H2,2-16H3. The van der Waals surface area contributed by atoms with Crippen LogP contribution in [0.15, 0.2) is 24.8 Å². The van der Waals surface area contributed by atoms with Gasteiger partial charge in [0.25, 0.3) is 0 Å². The molecule has 0 spiro atoms. The molecule has 0 aliphatic heterocycles. The highest BCUT2D eigenvalue weighted by Gasteiger charge is 2.45. The first-order chi connectivity index (χ1) is 16.9. The van der Waals surface area contributed by atoms with Gasteiger partial charge in [-0.2, -0.15) is 0 Å². The third kappa shape index (κ3) is 11.8. The highest BCUT2D eigenvalue weighted by atomic mass is 28.4. The third-order valence-electron chi connectivity index (χ3n) is 8.92. The molecule has 0 radical (unpaired) electrons. The van der Waals surface area contributed by atoms with Crippen molar-refractivity contribution in [1.82, 2.24) is 0 Å². The molecule has 3 atom stereocenters. The van der Waals surface area contributed by atoms with Crippen LogP contribution in [0.2, 0.25) is 54.4 Å². The number of hydrogen-bond donors (Lipinski definition) is 1. The summed E-state index contributed by atoms with van der Waals surface area (Å²) in [6.07, 6.45) is 6.31. The number of ether oxygens (including phenoxy) is 1. The first-order valence-electron chi connectivity index (χ1n) is 14.4. The fraction of sp³-hybridized carbons (Fsp3) is 0.867. The molecule has 0 aliphatic rings. The summed E-state index contributed by atoms with van der Waals surface area (Å²) in [6.45, 7) is 39.4. The number of aliphatic hydroxyl groups is 1.